The zero-order valence-electron chi connectivity index (χ0n) is 15.8. The summed E-state index contributed by atoms with van der Waals surface area (Å²) in [6.07, 6.45) is 4.10. The Hall–Kier alpha value is -0.970. The summed E-state index contributed by atoms with van der Waals surface area (Å²) in [5, 5.41) is 0. The summed E-state index contributed by atoms with van der Waals surface area (Å²) in [5.41, 5.74) is 0. The molecule has 2 aliphatic rings. The third-order valence-electron chi connectivity index (χ3n) is 5.49. The van der Waals surface area contributed by atoms with E-state index in [0.29, 0.717) is 6.42 Å². The lowest BCUT2D eigenvalue weighted by molar-refractivity contribution is -0.135. The number of carbonyl (C=O) groups is 1. The Bertz CT molecular complexity index is 925. The van der Waals surface area contributed by atoms with Crippen LogP contribution in [0.1, 0.15) is 32.1 Å². The van der Waals surface area contributed by atoms with Crippen LogP contribution in [0.3, 0.4) is 0 Å². The van der Waals surface area contributed by atoms with Gasteiger partial charge in [-0.3, -0.25) is 4.79 Å². The average molecular weight is 493 g/mol. The molecular weight excluding hydrogens is 468 g/mol. The summed E-state index contributed by atoms with van der Waals surface area (Å²) in [5.74, 6) is -0.267. The fraction of sp³-hybridized carbons (Fsp3) is 0.611. The van der Waals surface area contributed by atoms with Gasteiger partial charge >= 0.3 is 0 Å². The first kappa shape index (κ1) is 21.7. The first-order valence-electron chi connectivity index (χ1n) is 9.34. The van der Waals surface area contributed by atoms with Gasteiger partial charge in [-0.05, 0) is 43.5 Å². The molecule has 1 atom stereocenters. The maximum absolute atomic E-state index is 13.1. The number of nitrogens with zero attached hydrogens (tertiary/aromatic N) is 2. The minimum atomic E-state index is -3.81. The number of rotatable bonds is 6. The molecule has 0 spiro atoms. The maximum Gasteiger partial charge on any atom is 0.243 e. The van der Waals surface area contributed by atoms with Crippen molar-refractivity contribution in [3.05, 3.63) is 28.7 Å². The van der Waals surface area contributed by atoms with Gasteiger partial charge in [0, 0.05) is 23.6 Å². The Balaban J connectivity index is 1.78. The number of likely N-dealkylation sites (N-methyl/N-ethyl adjacent to an activating group) is 1. The van der Waals surface area contributed by atoms with E-state index < -0.39 is 19.9 Å². The van der Waals surface area contributed by atoms with Gasteiger partial charge in [-0.15, -0.1) is 0 Å². The van der Waals surface area contributed by atoms with Crippen LogP contribution in [0.25, 0.3) is 0 Å². The lowest BCUT2D eigenvalue weighted by atomic mass is 10.1. The van der Waals surface area contributed by atoms with Gasteiger partial charge in [0.15, 0.2) is 9.84 Å². The van der Waals surface area contributed by atoms with Crippen LogP contribution in [0.2, 0.25) is 0 Å². The fourth-order valence-electron chi connectivity index (χ4n) is 4.03. The number of hydrogen-bond acceptors (Lipinski definition) is 5. The number of hydrogen-bond donors (Lipinski definition) is 0. The smallest absolute Gasteiger partial charge is 0.243 e. The van der Waals surface area contributed by atoms with Crippen molar-refractivity contribution in [1.29, 1.82) is 0 Å². The minimum absolute atomic E-state index is 0.00501. The Labute approximate surface area is 175 Å². The Morgan fingerprint density at radius 3 is 2.25 bits per heavy atom. The molecule has 1 aromatic carbocycles. The molecule has 0 aromatic heterocycles. The zero-order valence-corrected chi connectivity index (χ0v) is 19.0. The van der Waals surface area contributed by atoms with Crippen molar-refractivity contribution in [2.24, 2.45) is 0 Å². The molecule has 156 valence electrons. The number of halogens is 1. The largest absolute Gasteiger partial charge is 0.335 e. The monoisotopic (exact) mass is 492 g/mol. The molecule has 2 fully saturated rings. The second kappa shape index (κ2) is 8.41. The molecule has 0 radical (unpaired) electrons. The molecule has 0 N–H and O–H groups in total. The normalized spacial score (nSPS) is 22.6. The molecular formula is C18H25BrN2O5S2. The van der Waals surface area contributed by atoms with Crippen molar-refractivity contribution >= 4 is 41.7 Å². The second-order valence-electron chi connectivity index (χ2n) is 7.51. The predicted octanol–water partition coefficient (Wildman–Crippen LogP) is 2.03. The third-order valence-corrected chi connectivity index (χ3v) is 9.58. The molecule has 1 aliphatic heterocycles. The summed E-state index contributed by atoms with van der Waals surface area (Å²) in [6.45, 7) is -0.300. The molecule has 1 aliphatic carbocycles. The van der Waals surface area contributed by atoms with Crippen LogP contribution >= 0.6 is 15.9 Å². The number of sulfonamides is 1. The molecule has 1 unspecified atom stereocenters. The van der Waals surface area contributed by atoms with Crippen molar-refractivity contribution in [1.82, 2.24) is 9.21 Å². The standard InChI is InChI=1S/C18H25BrN2O5S2/c1-20(28(25,26)17-8-6-14(19)7-9-17)12-18(22)21(15-4-2-3-5-15)16-10-11-27(23,24)13-16/h6-9,15-16H,2-5,10-13H2,1H3. The quantitative estimate of drug-likeness (QED) is 0.605. The third kappa shape index (κ3) is 4.77. The van der Waals surface area contributed by atoms with E-state index in [4.69, 9.17) is 0 Å². The van der Waals surface area contributed by atoms with Gasteiger partial charge in [0.1, 0.15) is 0 Å². The molecule has 0 bridgehead atoms. The van der Waals surface area contributed by atoms with Crippen LogP contribution in [0.5, 0.6) is 0 Å². The lowest BCUT2D eigenvalue weighted by Crippen LogP contribution is -2.50. The van der Waals surface area contributed by atoms with Crippen LogP contribution in [-0.4, -0.2) is 69.1 Å². The number of sulfone groups is 1. The van der Waals surface area contributed by atoms with Crippen molar-refractivity contribution in [3.8, 4) is 0 Å². The van der Waals surface area contributed by atoms with E-state index in [0.717, 1.165) is 34.5 Å². The van der Waals surface area contributed by atoms with E-state index >= 15 is 0 Å². The topological polar surface area (TPSA) is 91.8 Å². The highest BCUT2D eigenvalue weighted by Gasteiger charge is 2.39. The first-order chi connectivity index (χ1) is 13.1. The lowest BCUT2D eigenvalue weighted by Gasteiger charge is -2.35. The Kier molecular flexibility index (Phi) is 6.53. The molecule has 10 heteroatoms. The van der Waals surface area contributed by atoms with Gasteiger partial charge in [0.25, 0.3) is 0 Å². The first-order valence-corrected chi connectivity index (χ1v) is 13.4. The van der Waals surface area contributed by atoms with E-state index in [-0.39, 0.29) is 40.9 Å². The highest BCUT2D eigenvalue weighted by Crippen LogP contribution is 2.29. The van der Waals surface area contributed by atoms with E-state index in [1.165, 1.54) is 19.2 Å². The van der Waals surface area contributed by atoms with E-state index in [9.17, 15) is 21.6 Å². The number of carbonyl (C=O) groups excluding carboxylic acids is 1. The maximum atomic E-state index is 13.1. The van der Waals surface area contributed by atoms with Gasteiger partial charge in [0.05, 0.1) is 22.9 Å². The van der Waals surface area contributed by atoms with Crippen LogP contribution < -0.4 is 0 Å². The van der Waals surface area contributed by atoms with Crippen molar-refractivity contribution in [2.75, 3.05) is 25.1 Å². The van der Waals surface area contributed by atoms with Crippen LogP contribution in [-0.2, 0) is 24.7 Å². The second-order valence-corrected chi connectivity index (χ2v) is 12.7. The van der Waals surface area contributed by atoms with Crippen LogP contribution in [0.4, 0.5) is 0 Å². The van der Waals surface area contributed by atoms with Crippen molar-refractivity contribution in [2.45, 2.75) is 49.1 Å². The van der Waals surface area contributed by atoms with Gasteiger partial charge < -0.3 is 4.90 Å². The summed E-state index contributed by atoms with van der Waals surface area (Å²) < 4.78 is 51.2. The molecule has 1 saturated carbocycles. The summed E-state index contributed by atoms with van der Waals surface area (Å²) in [6, 6.07) is 5.88. The molecule has 1 saturated heterocycles. The fourth-order valence-corrected chi connectivity index (χ4v) is 7.12. The number of benzene rings is 1. The van der Waals surface area contributed by atoms with Gasteiger partial charge in [0.2, 0.25) is 15.9 Å². The highest BCUT2D eigenvalue weighted by molar-refractivity contribution is 9.10. The Morgan fingerprint density at radius 2 is 1.71 bits per heavy atom. The van der Waals surface area contributed by atoms with Gasteiger partial charge in [-0.2, -0.15) is 4.31 Å². The molecule has 7 nitrogen and oxygen atoms in total. The van der Waals surface area contributed by atoms with Crippen LogP contribution in [0, 0.1) is 0 Å². The van der Waals surface area contributed by atoms with Crippen molar-refractivity contribution in [3.63, 3.8) is 0 Å². The zero-order chi connectivity index (χ0) is 20.5. The molecule has 1 aromatic rings. The molecule has 28 heavy (non-hydrogen) atoms. The summed E-state index contributed by atoms with van der Waals surface area (Å²) in [7, 11) is -5.56. The number of amides is 1. The minimum Gasteiger partial charge on any atom is -0.335 e. The Morgan fingerprint density at radius 1 is 1.11 bits per heavy atom. The summed E-state index contributed by atoms with van der Waals surface area (Å²) in [4.78, 5) is 14.9. The van der Waals surface area contributed by atoms with Crippen LogP contribution in [0.15, 0.2) is 33.6 Å². The van der Waals surface area contributed by atoms with E-state index in [1.54, 1.807) is 17.0 Å². The summed E-state index contributed by atoms with van der Waals surface area (Å²) >= 11 is 3.27. The average Bonchev–Trinajstić information content (AvgIpc) is 3.25. The highest BCUT2D eigenvalue weighted by atomic mass is 79.9. The molecule has 1 heterocycles. The van der Waals surface area contributed by atoms with Crippen molar-refractivity contribution < 1.29 is 21.6 Å². The van der Waals surface area contributed by atoms with E-state index in [2.05, 4.69) is 15.9 Å². The molecule has 1 amide bonds. The van der Waals surface area contributed by atoms with Gasteiger partial charge in [-0.25, -0.2) is 16.8 Å². The SMILES string of the molecule is CN(CC(=O)N(C1CCCC1)C1CCS(=O)(=O)C1)S(=O)(=O)c1ccc(Br)cc1. The van der Waals surface area contributed by atoms with E-state index in [1.807, 2.05) is 0 Å². The van der Waals surface area contributed by atoms with Gasteiger partial charge in [-0.1, -0.05) is 28.8 Å². The predicted molar refractivity (Wildman–Crippen MR) is 110 cm³/mol. The molecule has 3 rings (SSSR count).